The van der Waals surface area contributed by atoms with E-state index in [1.165, 1.54) is 18.2 Å². The largest absolute Gasteiger partial charge is 0.415 e. The van der Waals surface area contributed by atoms with Crippen LogP contribution in [0.1, 0.15) is 5.56 Å². The van der Waals surface area contributed by atoms with Gasteiger partial charge in [0, 0.05) is 29.2 Å². The van der Waals surface area contributed by atoms with Crippen molar-refractivity contribution in [2.45, 2.75) is 18.8 Å². The van der Waals surface area contributed by atoms with E-state index in [-0.39, 0.29) is 17.8 Å². The quantitative estimate of drug-likeness (QED) is 0.636. The van der Waals surface area contributed by atoms with E-state index in [1.54, 1.807) is 0 Å². The van der Waals surface area contributed by atoms with Crippen molar-refractivity contribution >= 4 is 21.6 Å². The minimum Gasteiger partial charge on any atom is -0.382 e. The maximum atomic E-state index is 12.0. The summed E-state index contributed by atoms with van der Waals surface area (Å²) in [5, 5.41) is 21.8. The molecule has 0 aliphatic heterocycles. The van der Waals surface area contributed by atoms with E-state index in [1.807, 2.05) is 0 Å². The molecule has 0 heterocycles. The zero-order valence-corrected chi connectivity index (χ0v) is 11.0. The number of aliphatic hydroxyl groups is 1. The highest BCUT2D eigenvalue weighted by atomic mass is 79.9. The molecule has 0 aliphatic carbocycles. The number of benzene rings is 1. The van der Waals surface area contributed by atoms with E-state index in [0.717, 1.165) is 0 Å². The highest BCUT2D eigenvalue weighted by molar-refractivity contribution is 9.10. The normalized spacial score (nSPS) is 13.3. The maximum absolute atomic E-state index is 12.0. The Balaban J connectivity index is 2.68. The van der Waals surface area contributed by atoms with Gasteiger partial charge in [-0.2, -0.15) is 13.2 Å². The molecule has 0 bridgehead atoms. The number of nitrogens with zero attached hydrogens (tertiary/aromatic N) is 1. The minimum absolute atomic E-state index is 0.150. The lowest BCUT2D eigenvalue weighted by atomic mass is 10.2. The molecule has 0 saturated heterocycles. The molecule has 0 fully saturated rings. The third-order valence-electron chi connectivity index (χ3n) is 2.27. The number of nitro benzene ring substituents is 1. The Morgan fingerprint density at radius 3 is 2.63 bits per heavy atom. The van der Waals surface area contributed by atoms with Gasteiger partial charge in [-0.1, -0.05) is 15.9 Å². The number of rotatable bonds is 5. The Labute approximate surface area is 114 Å². The third-order valence-corrected chi connectivity index (χ3v) is 2.76. The van der Waals surface area contributed by atoms with Crippen LogP contribution in [0.15, 0.2) is 22.7 Å². The summed E-state index contributed by atoms with van der Waals surface area (Å²) in [6, 6.07) is 4.15. The Morgan fingerprint density at radius 2 is 2.11 bits per heavy atom. The van der Waals surface area contributed by atoms with Gasteiger partial charge in [0.25, 0.3) is 5.69 Å². The van der Waals surface area contributed by atoms with Crippen LogP contribution in [0.25, 0.3) is 0 Å². The summed E-state index contributed by atoms with van der Waals surface area (Å²) in [7, 11) is 0. The lowest BCUT2D eigenvalue weighted by molar-refractivity contribution is -0.385. The summed E-state index contributed by atoms with van der Waals surface area (Å²) in [6.45, 7) is -0.879. The van der Waals surface area contributed by atoms with E-state index in [0.29, 0.717) is 4.47 Å². The molecule has 0 radical (unpaired) electrons. The van der Waals surface area contributed by atoms with Crippen molar-refractivity contribution in [3.8, 4) is 0 Å². The Kier molecular flexibility index (Phi) is 5.27. The summed E-state index contributed by atoms with van der Waals surface area (Å²) in [6.07, 6.45) is -7.21. The summed E-state index contributed by atoms with van der Waals surface area (Å²) in [5.41, 5.74) is 0.0333. The SMILES string of the molecule is O=[N+]([O-])c1ccc(Br)cc1CNCC(O)C(F)(F)F. The van der Waals surface area contributed by atoms with E-state index in [9.17, 15) is 23.3 Å². The van der Waals surface area contributed by atoms with Crippen molar-refractivity contribution < 1.29 is 23.2 Å². The molecule has 0 spiro atoms. The number of alkyl halides is 3. The summed E-state index contributed by atoms with van der Waals surface area (Å²) in [4.78, 5) is 10.1. The van der Waals surface area contributed by atoms with Crippen molar-refractivity contribution in [3.63, 3.8) is 0 Å². The fraction of sp³-hybridized carbons (Fsp3) is 0.400. The van der Waals surface area contributed by atoms with E-state index < -0.39 is 23.7 Å². The Hall–Kier alpha value is -1.19. The summed E-state index contributed by atoms with van der Waals surface area (Å²) < 4.78 is 36.7. The van der Waals surface area contributed by atoms with Gasteiger partial charge < -0.3 is 10.4 Å². The topological polar surface area (TPSA) is 75.4 Å². The maximum Gasteiger partial charge on any atom is 0.415 e. The predicted octanol–water partition coefficient (Wildman–Crippen LogP) is 2.37. The van der Waals surface area contributed by atoms with Crippen molar-refractivity contribution in [2.75, 3.05) is 6.54 Å². The predicted molar refractivity (Wildman–Crippen MR) is 64.6 cm³/mol. The van der Waals surface area contributed by atoms with Crippen LogP contribution in [0.3, 0.4) is 0 Å². The zero-order valence-electron chi connectivity index (χ0n) is 9.45. The van der Waals surface area contributed by atoms with Gasteiger partial charge in [0.05, 0.1) is 4.92 Å². The first-order chi connectivity index (χ1) is 8.71. The van der Waals surface area contributed by atoms with E-state index >= 15 is 0 Å². The fourth-order valence-electron chi connectivity index (χ4n) is 1.33. The number of nitrogens with one attached hydrogen (secondary N) is 1. The standard InChI is InChI=1S/C10H10BrF3N2O3/c11-7-1-2-8(16(18)19)6(3-7)4-15-5-9(17)10(12,13)14/h1-3,9,15,17H,4-5H2. The van der Waals surface area contributed by atoms with E-state index in [4.69, 9.17) is 5.11 Å². The molecular formula is C10H10BrF3N2O3. The van der Waals surface area contributed by atoms with Crippen LogP contribution < -0.4 is 5.32 Å². The monoisotopic (exact) mass is 342 g/mol. The molecule has 19 heavy (non-hydrogen) atoms. The molecule has 0 aromatic heterocycles. The molecule has 0 saturated carbocycles. The van der Waals surface area contributed by atoms with Crippen molar-refractivity contribution in [3.05, 3.63) is 38.3 Å². The van der Waals surface area contributed by atoms with Crippen molar-refractivity contribution in [2.24, 2.45) is 0 Å². The Morgan fingerprint density at radius 1 is 1.47 bits per heavy atom. The zero-order chi connectivity index (χ0) is 14.6. The van der Waals surface area contributed by atoms with E-state index in [2.05, 4.69) is 21.2 Å². The van der Waals surface area contributed by atoms with Crippen LogP contribution in [0, 0.1) is 10.1 Å². The highest BCUT2D eigenvalue weighted by Crippen LogP contribution is 2.23. The molecular weight excluding hydrogens is 333 g/mol. The molecule has 0 aliphatic rings. The van der Waals surface area contributed by atoms with Gasteiger partial charge in [-0.05, 0) is 12.1 Å². The first-order valence-corrected chi connectivity index (χ1v) is 5.89. The third kappa shape index (κ3) is 4.77. The van der Waals surface area contributed by atoms with Crippen LogP contribution in [0.2, 0.25) is 0 Å². The van der Waals surface area contributed by atoms with Crippen LogP contribution in [-0.4, -0.2) is 28.9 Å². The first kappa shape index (κ1) is 15.9. The van der Waals surface area contributed by atoms with Gasteiger partial charge in [0.2, 0.25) is 0 Å². The molecule has 1 aromatic carbocycles. The van der Waals surface area contributed by atoms with Crippen LogP contribution in [0.4, 0.5) is 18.9 Å². The molecule has 9 heteroatoms. The van der Waals surface area contributed by atoms with Gasteiger partial charge in [-0.3, -0.25) is 10.1 Å². The van der Waals surface area contributed by atoms with Gasteiger partial charge in [-0.15, -0.1) is 0 Å². The van der Waals surface area contributed by atoms with Crippen LogP contribution >= 0.6 is 15.9 Å². The lowest BCUT2D eigenvalue weighted by Crippen LogP contribution is -2.38. The van der Waals surface area contributed by atoms with Gasteiger partial charge >= 0.3 is 6.18 Å². The minimum atomic E-state index is -4.71. The first-order valence-electron chi connectivity index (χ1n) is 5.10. The average Bonchev–Trinajstić information content (AvgIpc) is 2.27. The summed E-state index contributed by atoms with van der Waals surface area (Å²) >= 11 is 3.12. The second-order valence-electron chi connectivity index (χ2n) is 3.72. The van der Waals surface area contributed by atoms with Gasteiger partial charge in [0.1, 0.15) is 0 Å². The second-order valence-corrected chi connectivity index (χ2v) is 4.63. The molecule has 1 unspecified atom stereocenters. The van der Waals surface area contributed by atoms with Gasteiger partial charge in [-0.25, -0.2) is 0 Å². The molecule has 5 nitrogen and oxygen atoms in total. The second kappa shape index (κ2) is 6.31. The molecule has 1 aromatic rings. The molecule has 0 amide bonds. The number of hydrogen-bond donors (Lipinski definition) is 2. The lowest BCUT2D eigenvalue weighted by Gasteiger charge is -2.15. The van der Waals surface area contributed by atoms with Crippen LogP contribution in [-0.2, 0) is 6.54 Å². The van der Waals surface area contributed by atoms with Crippen molar-refractivity contribution in [1.29, 1.82) is 0 Å². The molecule has 106 valence electrons. The number of aliphatic hydroxyl groups excluding tert-OH is 1. The smallest absolute Gasteiger partial charge is 0.382 e. The number of nitro groups is 1. The van der Waals surface area contributed by atoms with Crippen LogP contribution in [0.5, 0.6) is 0 Å². The van der Waals surface area contributed by atoms with Gasteiger partial charge in [0.15, 0.2) is 6.10 Å². The highest BCUT2D eigenvalue weighted by Gasteiger charge is 2.37. The summed E-state index contributed by atoms with van der Waals surface area (Å²) in [5.74, 6) is 0. The Bertz CT molecular complexity index is 468. The molecule has 1 atom stereocenters. The molecule has 1 rings (SSSR count). The average molecular weight is 343 g/mol. The van der Waals surface area contributed by atoms with Crippen molar-refractivity contribution in [1.82, 2.24) is 5.32 Å². The number of hydrogen-bond acceptors (Lipinski definition) is 4. The molecule has 2 N–H and O–H groups in total. The number of halogens is 4. The fourth-order valence-corrected chi connectivity index (χ4v) is 1.74.